The number of likely N-dealkylation sites (N-methyl/N-ethyl adjacent to an activating group) is 1. The molecule has 0 saturated carbocycles. The molecule has 0 radical (unpaired) electrons. The Kier molecular flexibility index (Phi) is 39.5. The zero-order chi connectivity index (χ0) is 43.6. The number of hydrogen-bond acceptors (Lipinski definition) is 8. The van der Waals surface area contributed by atoms with E-state index in [1.807, 2.05) is 21.1 Å². The molecule has 342 valence electrons. The van der Waals surface area contributed by atoms with Gasteiger partial charge >= 0.3 is 11.9 Å². The van der Waals surface area contributed by atoms with E-state index in [1.54, 1.807) is 0 Å². The number of carbonyl (C=O) groups excluding carboxylic acids is 2. The molecule has 0 rings (SSSR count). The Labute approximate surface area is 362 Å². The first-order valence-corrected chi connectivity index (χ1v) is 25.0. The minimum Gasteiger partial charge on any atom is -0.756 e. The van der Waals surface area contributed by atoms with Gasteiger partial charge in [-0.05, 0) is 70.6 Å². The van der Waals surface area contributed by atoms with Crippen LogP contribution in [0.1, 0.15) is 187 Å². The third kappa shape index (κ3) is 45.1. The van der Waals surface area contributed by atoms with Crippen molar-refractivity contribution in [2.24, 2.45) is 0 Å². The first kappa shape index (κ1) is 56.7. The summed E-state index contributed by atoms with van der Waals surface area (Å²) >= 11 is 0. The highest BCUT2D eigenvalue weighted by molar-refractivity contribution is 7.45. The van der Waals surface area contributed by atoms with Crippen molar-refractivity contribution in [3.8, 4) is 0 Å². The molecule has 0 amide bonds. The quantitative estimate of drug-likeness (QED) is 0.0196. The third-order valence-corrected chi connectivity index (χ3v) is 10.7. The number of rotatable bonds is 42. The van der Waals surface area contributed by atoms with Gasteiger partial charge in [0, 0.05) is 12.8 Å². The maximum Gasteiger partial charge on any atom is 0.306 e. The van der Waals surface area contributed by atoms with Crippen LogP contribution in [0.2, 0.25) is 0 Å². The molecular formula is C49H88NO8P. The minimum atomic E-state index is -4.63. The van der Waals surface area contributed by atoms with Crippen molar-refractivity contribution >= 4 is 19.8 Å². The summed E-state index contributed by atoms with van der Waals surface area (Å²) in [4.78, 5) is 37.5. The van der Waals surface area contributed by atoms with Crippen LogP contribution in [0, 0.1) is 0 Å². The molecule has 0 saturated heterocycles. The summed E-state index contributed by atoms with van der Waals surface area (Å²) in [6.45, 7) is 4.03. The highest BCUT2D eigenvalue weighted by atomic mass is 31.2. The van der Waals surface area contributed by atoms with Crippen LogP contribution in [0.3, 0.4) is 0 Å². The van der Waals surface area contributed by atoms with Crippen LogP contribution in [-0.4, -0.2) is 70.0 Å². The van der Waals surface area contributed by atoms with Crippen LogP contribution >= 0.6 is 7.82 Å². The molecule has 0 heterocycles. The number of esters is 2. The fourth-order valence-corrected chi connectivity index (χ4v) is 6.85. The Hall–Kier alpha value is -2.29. The number of unbranched alkanes of at least 4 members (excludes halogenated alkanes) is 18. The summed E-state index contributed by atoms with van der Waals surface area (Å²) in [5, 5.41) is 0. The van der Waals surface area contributed by atoms with Gasteiger partial charge in [-0.25, -0.2) is 0 Å². The number of carbonyl (C=O) groups is 2. The highest BCUT2D eigenvalue weighted by Gasteiger charge is 2.21. The number of allylic oxidation sites excluding steroid dienone is 10. The van der Waals surface area contributed by atoms with Gasteiger partial charge in [-0.1, -0.05) is 164 Å². The van der Waals surface area contributed by atoms with Crippen molar-refractivity contribution in [3.63, 3.8) is 0 Å². The van der Waals surface area contributed by atoms with Gasteiger partial charge in [-0.15, -0.1) is 0 Å². The summed E-state index contributed by atoms with van der Waals surface area (Å²) in [6.07, 6.45) is 49.7. The second kappa shape index (κ2) is 41.1. The maximum atomic E-state index is 12.7. The molecule has 0 fully saturated rings. The van der Waals surface area contributed by atoms with Crippen molar-refractivity contribution in [1.82, 2.24) is 0 Å². The second-order valence-corrected chi connectivity index (χ2v) is 18.1. The molecule has 0 aliphatic rings. The molecule has 0 spiro atoms. The Morgan fingerprint density at radius 3 is 1.46 bits per heavy atom. The number of ether oxygens (including phenoxy) is 2. The summed E-state index contributed by atoms with van der Waals surface area (Å²) in [5.41, 5.74) is 0. The SMILES string of the molecule is CC/C=C\C/C=C\C/C=C\C/C=C\CCCCCCCCCCCCCCC(=O)OC(COC(=O)CCCCCCC/C=C\CCC)COP(=O)([O-])OCC[N+](C)(C)C. The molecule has 0 aliphatic heterocycles. The molecule has 0 aromatic heterocycles. The first-order valence-electron chi connectivity index (χ1n) is 23.5. The topological polar surface area (TPSA) is 111 Å². The van der Waals surface area contributed by atoms with Gasteiger partial charge in [0.25, 0.3) is 7.82 Å². The first-order chi connectivity index (χ1) is 28.5. The van der Waals surface area contributed by atoms with E-state index in [0.29, 0.717) is 17.4 Å². The lowest BCUT2D eigenvalue weighted by Gasteiger charge is -2.28. The summed E-state index contributed by atoms with van der Waals surface area (Å²) in [5.74, 6) is -0.851. The van der Waals surface area contributed by atoms with Crippen molar-refractivity contribution in [1.29, 1.82) is 0 Å². The van der Waals surface area contributed by atoms with Crippen LogP contribution in [0.15, 0.2) is 60.8 Å². The van der Waals surface area contributed by atoms with Gasteiger partial charge in [0.2, 0.25) is 0 Å². The predicted octanol–water partition coefficient (Wildman–Crippen LogP) is 13.0. The Bertz CT molecular complexity index is 1190. The van der Waals surface area contributed by atoms with E-state index in [2.05, 4.69) is 74.6 Å². The highest BCUT2D eigenvalue weighted by Crippen LogP contribution is 2.38. The molecule has 59 heavy (non-hydrogen) atoms. The molecule has 0 aromatic rings. The van der Waals surface area contributed by atoms with Gasteiger partial charge < -0.3 is 27.9 Å². The van der Waals surface area contributed by atoms with Gasteiger partial charge in [-0.3, -0.25) is 14.2 Å². The van der Waals surface area contributed by atoms with Gasteiger partial charge in [-0.2, -0.15) is 0 Å². The van der Waals surface area contributed by atoms with E-state index < -0.39 is 32.5 Å². The lowest BCUT2D eigenvalue weighted by atomic mass is 10.0. The average Bonchev–Trinajstić information content (AvgIpc) is 3.19. The summed E-state index contributed by atoms with van der Waals surface area (Å²) < 4.78 is 33.9. The number of hydrogen-bond donors (Lipinski definition) is 0. The molecule has 0 N–H and O–H groups in total. The monoisotopic (exact) mass is 850 g/mol. The molecule has 9 nitrogen and oxygen atoms in total. The smallest absolute Gasteiger partial charge is 0.306 e. The molecule has 2 atom stereocenters. The Morgan fingerprint density at radius 1 is 0.542 bits per heavy atom. The van der Waals surface area contributed by atoms with Gasteiger partial charge in [0.1, 0.15) is 19.8 Å². The van der Waals surface area contributed by atoms with E-state index in [4.69, 9.17) is 18.5 Å². The molecular weight excluding hydrogens is 762 g/mol. The normalized spacial score (nSPS) is 14.1. The standard InChI is InChI=1S/C49H88NO8P/c1-6-8-10-12-14-16-18-19-20-21-22-23-24-25-26-27-28-29-30-31-32-34-36-38-40-42-49(52)58-47(46-57-59(53,54)56-44-43-50(3,4)5)45-55-48(51)41-39-37-35-33-17-15-13-11-9-7-2/h8,10-11,13-14,16,19-20,22-23,47H,6-7,9,12,15,17-18,21,24-46H2,1-5H3/b10-8-,13-11-,16-14-,20-19-,23-22-. The number of phosphoric acid groups is 1. The van der Waals surface area contributed by atoms with Crippen LogP contribution in [0.5, 0.6) is 0 Å². The van der Waals surface area contributed by atoms with Gasteiger partial charge in [0.05, 0.1) is 27.7 Å². The molecule has 10 heteroatoms. The molecule has 0 aromatic carbocycles. The number of quaternary nitrogens is 1. The third-order valence-electron chi connectivity index (χ3n) is 9.75. The molecule has 2 unspecified atom stereocenters. The summed E-state index contributed by atoms with van der Waals surface area (Å²) in [7, 11) is 1.15. The average molecular weight is 850 g/mol. The van der Waals surface area contributed by atoms with Crippen LogP contribution in [-0.2, 0) is 32.7 Å². The van der Waals surface area contributed by atoms with Crippen LogP contribution in [0.25, 0.3) is 0 Å². The van der Waals surface area contributed by atoms with Crippen molar-refractivity contribution < 1.29 is 42.1 Å². The zero-order valence-corrected chi connectivity index (χ0v) is 39.3. The number of nitrogens with zero attached hydrogens (tertiary/aromatic N) is 1. The zero-order valence-electron chi connectivity index (χ0n) is 38.4. The fourth-order valence-electron chi connectivity index (χ4n) is 6.12. The second-order valence-electron chi connectivity index (χ2n) is 16.7. The summed E-state index contributed by atoms with van der Waals surface area (Å²) in [6, 6.07) is 0. The van der Waals surface area contributed by atoms with Crippen LogP contribution in [0.4, 0.5) is 0 Å². The van der Waals surface area contributed by atoms with E-state index in [0.717, 1.165) is 89.9 Å². The van der Waals surface area contributed by atoms with Crippen molar-refractivity contribution in [3.05, 3.63) is 60.8 Å². The minimum absolute atomic E-state index is 0.0342. The molecule has 0 aliphatic carbocycles. The van der Waals surface area contributed by atoms with E-state index in [-0.39, 0.29) is 26.1 Å². The van der Waals surface area contributed by atoms with Gasteiger partial charge in [0.15, 0.2) is 6.10 Å². The predicted molar refractivity (Wildman–Crippen MR) is 245 cm³/mol. The fraction of sp³-hybridized carbons (Fsp3) is 0.755. The Balaban J connectivity index is 4.19. The largest absolute Gasteiger partial charge is 0.756 e. The molecule has 0 bridgehead atoms. The van der Waals surface area contributed by atoms with E-state index in [1.165, 1.54) is 64.2 Å². The van der Waals surface area contributed by atoms with Crippen molar-refractivity contribution in [2.75, 3.05) is 47.5 Å². The lowest BCUT2D eigenvalue weighted by molar-refractivity contribution is -0.870. The Morgan fingerprint density at radius 2 is 0.966 bits per heavy atom. The lowest BCUT2D eigenvalue weighted by Crippen LogP contribution is -2.37. The maximum absolute atomic E-state index is 12.7. The van der Waals surface area contributed by atoms with Crippen molar-refractivity contribution in [2.45, 2.75) is 193 Å². The number of phosphoric ester groups is 1. The van der Waals surface area contributed by atoms with Crippen LogP contribution < -0.4 is 4.89 Å². The van der Waals surface area contributed by atoms with E-state index in [9.17, 15) is 19.0 Å². The van der Waals surface area contributed by atoms with E-state index >= 15 is 0 Å².